The van der Waals surface area contributed by atoms with E-state index in [1.54, 1.807) is 24.3 Å². The van der Waals surface area contributed by atoms with Crippen molar-refractivity contribution in [3.05, 3.63) is 66.2 Å². The molecule has 0 aliphatic carbocycles. The van der Waals surface area contributed by atoms with Crippen LogP contribution in [0, 0.1) is 0 Å². The van der Waals surface area contributed by atoms with Crippen molar-refractivity contribution >= 4 is 23.6 Å². The highest BCUT2D eigenvalue weighted by Crippen LogP contribution is 2.21. The van der Waals surface area contributed by atoms with Crippen LogP contribution in [0.25, 0.3) is 11.4 Å². The van der Waals surface area contributed by atoms with Crippen LogP contribution in [0.15, 0.2) is 65.8 Å². The minimum absolute atomic E-state index is 0.107. The standard InChI is InChI=1S/C18H17N5O2S/c1-23-16(13-8-4-2-5-9-13)20-22-18(23)26-12-15(24)19-21-17(25)14-10-6-3-7-11-14/h2-11H,12H2,1H3,(H,19,24)(H,21,25). The number of aromatic nitrogens is 3. The number of carbonyl (C=O) groups is 2. The molecule has 26 heavy (non-hydrogen) atoms. The average molecular weight is 367 g/mol. The Balaban J connectivity index is 1.52. The molecule has 8 heteroatoms. The molecule has 1 heterocycles. The zero-order valence-electron chi connectivity index (χ0n) is 14.0. The van der Waals surface area contributed by atoms with Crippen molar-refractivity contribution in [2.24, 2.45) is 7.05 Å². The third kappa shape index (κ3) is 4.28. The summed E-state index contributed by atoms with van der Waals surface area (Å²) in [5, 5.41) is 8.90. The smallest absolute Gasteiger partial charge is 0.269 e. The van der Waals surface area contributed by atoms with Gasteiger partial charge in [0.15, 0.2) is 11.0 Å². The molecule has 0 unspecified atom stereocenters. The predicted octanol–water partition coefficient (Wildman–Crippen LogP) is 2.04. The van der Waals surface area contributed by atoms with Crippen molar-refractivity contribution in [1.82, 2.24) is 25.6 Å². The lowest BCUT2D eigenvalue weighted by atomic mass is 10.2. The van der Waals surface area contributed by atoms with E-state index in [0.29, 0.717) is 10.7 Å². The summed E-state index contributed by atoms with van der Waals surface area (Å²) in [6.07, 6.45) is 0. The summed E-state index contributed by atoms with van der Waals surface area (Å²) in [6.45, 7) is 0. The van der Waals surface area contributed by atoms with Gasteiger partial charge in [0.1, 0.15) is 0 Å². The minimum atomic E-state index is -0.367. The lowest BCUT2D eigenvalue weighted by Gasteiger charge is -2.07. The van der Waals surface area contributed by atoms with E-state index in [0.717, 1.165) is 11.4 Å². The van der Waals surface area contributed by atoms with E-state index in [1.165, 1.54) is 11.8 Å². The Hall–Kier alpha value is -3.13. The Morgan fingerprint density at radius 1 is 0.962 bits per heavy atom. The SMILES string of the molecule is Cn1c(SCC(=O)NNC(=O)c2ccccc2)nnc1-c1ccccc1. The Bertz CT molecular complexity index is 896. The summed E-state index contributed by atoms with van der Waals surface area (Å²) in [5.41, 5.74) is 6.20. The molecule has 2 aromatic carbocycles. The summed E-state index contributed by atoms with van der Waals surface area (Å²) < 4.78 is 1.83. The molecule has 132 valence electrons. The molecule has 3 rings (SSSR count). The number of nitrogens with one attached hydrogen (secondary N) is 2. The Morgan fingerprint density at radius 3 is 2.31 bits per heavy atom. The Morgan fingerprint density at radius 2 is 1.62 bits per heavy atom. The Kier molecular flexibility index (Phi) is 5.65. The third-order valence-corrected chi connectivity index (χ3v) is 4.57. The molecule has 2 N–H and O–H groups in total. The number of thioether (sulfide) groups is 1. The van der Waals surface area contributed by atoms with Crippen LogP contribution in [0.1, 0.15) is 10.4 Å². The number of hydrogen-bond donors (Lipinski definition) is 2. The molecule has 0 bridgehead atoms. The Labute approximate surface area is 154 Å². The van der Waals surface area contributed by atoms with E-state index in [1.807, 2.05) is 48.0 Å². The quantitative estimate of drug-likeness (QED) is 0.532. The van der Waals surface area contributed by atoms with Gasteiger partial charge >= 0.3 is 0 Å². The van der Waals surface area contributed by atoms with E-state index in [-0.39, 0.29) is 17.6 Å². The van der Waals surface area contributed by atoms with Crippen molar-refractivity contribution in [2.75, 3.05) is 5.75 Å². The fourth-order valence-corrected chi connectivity index (χ4v) is 2.94. The van der Waals surface area contributed by atoms with E-state index in [9.17, 15) is 9.59 Å². The van der Waals surface area contributed by atoms with Crippen LogP contribution in [-0.4, -0.2) is 32.3 Å². The zero-order valence-corrected chi connectivity index (χ0v) is 14.9. The van der Waals surface area contributed by atoms with Crippen LogP contribution >= 0.6 is 11.8 Å². The van der Waals surface area contributed by atoms with Crippen molar-refractivity contribution in [3.63, 3.8) is 0 Å². The summed E-state index contributed by atoms with van der Waals surface area (Å²) in [5.74, 6) is 0.138. The van der Waals surface area contributed by atoms with E-state index in [4.69, 9.17) is 0 Å². The fourth-order valence-electron chi connectivity index (χ4n) is 2.23. The van der Waals surface area contributed by atoms with E-state index < -0.39 is 0 Å². The molecule has 0 saturated carbocycles. The highest BCUT2D eigenvalue weighted by Gasteiger charge is 2.13. The van der Waals surface area contributed by atoms with Crippen molar-refractivity contribution in [3.8, 4) is 11.4 Å². The molecule has 0 atom stereocenters. The normalized spacial score (nSPS) is 10.3. The number of amides is 2. The molecular formula is C18H17N5O2S. The second kappa shape index (κ2) is 8.30. The molecule has 3 aromatic rings. The monoisotopic (exact) mass is 367 g/mol. The third-order valence-electron chi connectivity index (χ3n) is 3.55. The van der Waals surface area contributed by atoms with Gasteiger partial charge < -0.3 is 4.57 Å². The molecule has 2 amide bonds. The predicted molar refractivity (Wildman–Crippen MR) is 99.2 cm³/mol. The van der Waals surface area contributed by atoms with Crippen LogP contribution < -0.4 is 10.9 Å². The van der Waals surface area contributed by atoms with Gasteiger partial charge in [-0.2, -0.15) is 0 Å². The van der Waals surface area contributed by atoms with Crippen LogP contribution in [0.2, 0.25) is 0 Å². The van der Waals surface area contributed by atoms with Gasteiger partial charge in [-0.1, -0.05) is 60.3 Å². The van der Waals surface area contributed by atoms with Crippen molar-refractivity contribution < 1.29 is 9.59 Å². The van der Waals surface area contributed by atoms with E-state index >= 15 is 0 Å². The van der Waals surface area contributed by atoms with Gasteiger partial charge in [-0.15, -0.1) is 10.2 Å². The molecule has 0 spiro atoms. The molecule has 0 saturated heterocycles. The van der Waals surface area contributed by atoms with Crippen LogP contribution in [-0.2, 0) is 11.8 Å². The number of rotatable bonds is 5. The highest BCUT2D eigenvalue weighted by atomic mass is 32.2. The minimum Gasteiger partial charge on any atom is -0.305 e. The number of benzene rings is 2. The first-order chi connectivity index (χ1) is 12.6. The van der Waals surface area contributed by atoms with Crippen LogP contribution in [0.3, 0.4) is 0 Å². The molecule has 0 aliphatic heterocycles. The molecule has 7 nitrogen and oxygen atoms in total. The maximum Gasteiger partial charge on any atom is 0.269 e. The second-order valence-electron chi connectivity index (χ2n) is 5.39. The van der Waals surface area contributed by atoms with Gasteiger partial charge in [-0.3, -0.25) is 20.4 Å². The average Bonchev–Trinajstić information content (AvgIpc) is 3.06. The van der Waals surface area contributed by atoms with Gasteiger partial charge in [-0.25, -0.2) is 0 Å². The van der Waals surface area contributed by atoms with Crippen LogP contribution in [0.5, 0.6) is 0 Å². The summed E-state index contributed by atoms with van der Waals surface area (Å²) in [7, 11) is 1.85. The molecule has 0 fully saturated rings. The van der Waals surface area contributed by atoms with Gasteiger partial charge in [0.05, 0.1) is 5.75 Å². The summed E-state index contributed by atoms with van der Waals surface area (Å²) >= 11 is 1.24. The van der Waals surface area contributed by atoms with Gasteiger partial charge in [-0.05, 0) is 12.1 Å². The number of carbonyl (C=O) groups excluding carboxylic acids is 2. The van der Waals surface area contributed by atoms with Crippen molar-refractivity contribution in [2.45, 2.75) is 5.16 Å². The first kappa shape index (κ1) is 17.7. The number of hydrogen-bond acceptors (Lipinski definition) is 5. The van der Waals surface area contributed by atoms with Gasteiger partial charge in [0.2, 0.25) is 5.91 Å². The molecule has 0 aliphatic rings. The largest absolute Gasteiger partial charge is 0.305 e. The van der Waals surface area contributed by atoms with Gasteiger partial charge in [0.25, 0.3) is 5.91 Å². The summed E-state index contributed by atoms with van der Waals surface area (Å²) in [6, 6.07) is 18.4. The zero-order chi connectivity index (χ0) is 18.4. The van der Waals surface area contributed by atoms with E-state index in [2.05, 4.69) is 21.0 Å². The number of hydrazine groups is 1. The molecule has 1 aromatic heterocycles. The summed E-state index contributed by atoms with van der Waals surface area (Å²) in [4.78, 5) is 23.8. The molecular weight excluding hydrogens is 350 g/mol. The molecule has 0 radical (unpaired) electrons. The maximum atomic E-state index is 11.9. The van der Waals surface area contributed by atoms with Crippen molar-refractivity contribution in [1.29, 1.82) is 0 Å². The topological polar surface area (TPSA) is 88.9 Å². The first-order valence-electron chi connectivity index (χ1n) is 7.87. The van der Waals surface area contributed by atoms with Gasteiger partial charge in [0, 0.05) is 18.2 Å². The number of nitrogens with zero attached hydrogens (tertiary/aromatic N) is 3. The maximum absolute atomic E-state index is 11.9. The van der Waals surface area contributed by atoms with Crippen LogP contribution in [0.4, 0.5) is 0 Å². The lowest BCUT2D eigenvalue weighted by Crippen LogP contribution is -2.42. The highest BCUT2D eigenvalue weighted by molar-refractivity contribution is 7.99. The fraction of sp³-hybridized carbons (Fsp3) is 0.111. The second-order valence-corrected chi connectivity index (χ2v) is 6.33. The first-order valence-corrected chi connectivity index (χ1v) is 8.85. The lowest BCUT2D eigenvalue weighted by molar-refractivity contribution is -0.119.